The molecule has 0 unspecified atom stereocenters. The molecule has 0 bridgehead atoms. The highest BCUT2D eigenvalue weighted by molar-refractivity contribution is 7.09. The van der Waals surface area contributed by atoms with Gasteiger partial charge in [0.25, 0.3) is 0 Å². The van der Waals surface area contributed by atoms with Crippen LogP contribution in [-0.2, 0) is 6.42 Å². The van der Waals surface area contributed by atoms with E-state index in [0.29, 0.717) is 13.0 Å². The number of aromatic carboxylic acids is 1. The maximum absolute atomic E-state index is 11.1. The first kappa shape index (κ1) is 15.3. The summed E-state index contributed by atoms with van der Waals surface area (Å²) in [4.78, 5) is 25.7. The highest BCUT2D eigenvalue weighted by Crippen LogP contribution is 2.20. The van der Waals surface area contributed by atoms with Crippen LogP contribution in [0, 0.1) is 0 Å². The second-order valence-electron chi connectivity index (χ2n) is 4.17. The Morgan fingerprint density at radius 3 is 2.76 bits per heavy atom. The number of carbonyl (C=O) groups is 2. The number of hydrogen-bond acceptors (Lipinski definition) is 5. The number of carbonyl (C=O) groups excluding carboxylic acids is 1. The van der Waals surface area contributed by atoms with Crippen LogP contribution in [0.5, 0.6) is 0 Å². The van der Waals surface area contributed by atoms with E-state index in [1.54, 1.807) is 18.2 Å². The van der Waals surface area contributed by atoms with Gasteiger partial charge in [0.1, 0.15) is 0 Å². The van der Waals surface area contributed by atoms with Crippen LogP contribution in [0.25, 0.3) is 0 Å². The molecule has 0 aliphatic rings. The number of nitrogens with zero attached hydrogens (tertiary/aromatic N) is 1. The molecule has 0 radical (unpaired) electrons. The Labute approximate surface area is 129 Å². The van der Waals surface area contributed by atoms with Gasteiger partial charge in [-0.05, 0) is 18.2 Å². The molecular weight excluding hydrogens is 314 g/mol. The Morgan fingerprint density at radius 2 is 2.19 bits per heavy atom. The molecule has 110 valence electrons. The predicted molar refractivity (Wildman–Crippen MR) is 81.2 cm³/mol. The number of hydrogen-bond donors (Lipinski definition) is 3. The summed E-state index contributed by atoms with van der Waals surface area (Å²) in [6.45, 7) is 0.568. The number of benzene rings is 1. The smallest absolute Gasteiger partial charge is 0.355 e. The second-order valence-corrected chi connectivity index (χ2v) is 5.52. The maximum atomic E-state index is 11.1. The standard InChI is InChI=1S/C13H12ClN3O3S/c14-9-5-7(1-2-8(9)12(15)18)16-4-3-11-17-10(6-21-11)13(19)20/h1-2,5-6,16H,3-4H2,(H2,15,18)(H,19,20). The zero-order valence-corrected chi connectivity index (χ0v) is 12.4. The Balaban J connectivity index is 1.92. The molecule has 0 fully saturated rings. The maximum Gasteiger partial charge on any atom is 0.355 e. The van der Waals surface area contributed by atoms with E-state index in [1.807, 2.05) is 0 Å². The molecule has 0 spiro atoms. The number of rotatable bonds is 6. The summed E-state index contributed by atoms with van der Waals surface area (Å²) in [7, 11) is 0. The number of carboxylic acids is 1. The van der Waals surface area contributed by atoms with Crippen LogP contribution in [0.3, 0.4) is 0 Å². The fraction of sp³-hybridized carbons (Fsp3) is 0.154. The van der Waals surface area contributed by atoms with E-state index >= 15 is 0 Å². The highest BCUT2D eigenvalue weighted by Gasteiger charge is 2.09. The van der Waals surface area contributed by atoms with Crippen LogP contribution in [-0.4, -0.2) is 28.5 Å². The molecule has 6 nitrogen and oxygen atoms in total. The zero-order chi connectivity index (χ0) is 15.4. The molecule has 1 amide bonds. The highest BCUT2D eigenvalue weighted by atomic mass is 35.5. The normalized spacial score (nSPS) is 10.3. The summed E-state index contributed by atoms with van der Waals surface area (Å²) >= 11 is 7.25. The number of carboxylic acid groups (broad SMARTS) is 1. The molecule has 8 heteroatoms. The zero-order valence-electron chi connectivity index (χ0n) is 10.8. The average molecular weight is 326 g/mol. The molecule has 0 aliphatic carbocycles. The molecule has 4 N–H and O–H groups in total. The first-order chi connectivity index (χ1) is 9.97. The summed E-state index contributed by atoms with van der Waals surface area (Å²) in [5.41, 5.74) is 6.25. The van der Waals surface area contributed by atoms with Crippen molar-refractivity contribution in [3.63, 3.8) is 0 Å². The van der Waals surface area contributed by atoms with Crippen LogP contribution in [0.4, 0.5) is 5.69 Å². The monoisotopic (exact) mass is 325 g/mol. The van der Waals surface area contributed by atoms with Crippen molar-refractivity contribution in [3.8, 4) is 0 Å². The lowest BCUT2D eigenvalue weighted by molar-refractivity contribution is 0.0691. The Morgan fingerprint density at radius 1 is 1.43 bits per heavy atom. The largest absolute Gasteiger partial charge is 0.476 e. The number of anilines is 1. The predicted octanol–water partition coefficient (Wildman–Crippen LogP) is 2.25. The minimum Gasteiger partial charge on any atom is -0.476 e. The van der Waals surface area contributed by atoms with Crippen molar-refractivity contribution in [1.29, 1.82) is 0 Å². The average Bonchev–Trinajstić information content (AvgIpc) is 2.87. The van der Waals surface area contributed by atoms with Crippen LogP contribution in [0.1, 0.15) is 25.9 Å². The summed E-state index contributed by atoms with van der Waals surface area (Å²) in [6, 6.07) is 4.88. The van der Waals surface area contributed by atoms with Gasteiger partial charge in [0.05, 0.1) is 15.6 Å². The first-order valence-electron chi connectivity index (χ1n) is 5.98. The van der Waals surface area contributed by atoms with Crippen LogP contribution in [0.2, 0.25) is 5.02 Å². The van der Waals surface area contributed by atoms with Gasteiger partial charge in [0.15, 0.2) is 5.69 Å². The van der Waals surface area contributed by atoms with Crippen LogP contribution >= 0.6 is 22.9 Å². The van der Waals surface area contributed by atoms with Crippen molar-refractivity contribution in [1.82, 2.24) is 4.98 Å². The quantitative estimate of drug-likeness (QED) is 0.755. The fourth-order valence-corrected chi connectivity index (χ4v) is 2.71. The summed E-state index contributed by atoms with van der Waals surface area (Å²) < 4.78 is 0. The Bertz CT molecular complexity index is 687. The number of nitrogens with two attached hydrogens (primary N) is 1. The summed E-state index contributed by atoms with van der Waals surface area (Å²) in [5.74, 6) is -1.60. The van der Waals surface area contributed by atoms with Crippen molar-refractivity contribution < 1.29 is 14.7 Å². The van der Waals surface area contributed by atoms with Gasteiger partial charge < -0.3 is 16.2 Å². The van der Waals surface area contributed by atoms with E-state index in [4.69, 9.17) is 22.4 Å². The van der Waals surface area contributed by atoms with Gasteiger partial charge in [0, 0.05) is 24.0 Å². The van der Waals surface area contributed by atoms with Crippen molar-refractivity contribution in [2.24, 2.45) is 5.73 Å². The number of primary amides is 1. The Kier molecular flexibility index (Phi) is 4.77. The van der Waals surface area contributed by atoms with Crippen molar-refractivity contribution >= 4 is 40.5 Å². The van der Waals surface area contributed by atoms with Gasteiger partial charge in [-0.3, -0.25) is 4.79 Å². The topological polar surface area (TPSA) is 105 Å². The number of aromatic nitrogens is 1. The van der Waals surface area contributed by atoms with Crippen LogP contribution in [0.15, 0.2) is 23.6 Å². The lowest BCUT2D eigenvalue weighted by atomic mass is 10.2. The van der Waals surface area contributed by atoms with Gasteiger partial charge in [-0.25, -0.2) is 9.78 Å². The molecule has 2 rings (SSSR count). The van der Waals surface area contributed by atoms with Crippen molar-refractivity contribution in [2.45, 2.75) is 6.42 Å². The Hall–Kier alpha value is -2.12. The molecule has 0 aliphatic heterocycles. The molecule has 1 aromatic carbocycles. The minimum atomic E-state index is -1.03. The van der Waals surface area contributed by atoms with Gasteiger partial charge in [-0.1, -0.05) is 11.6 Å². The van der Waals surface area contributed by atoms with E-state index in [-0.39, 0.29) is 16.3 Å². The number of halogens is 1. The summed E-state index contributed by atoms with van der Waals surface area (Å²) in [5, 5.41) is 14.4. The van der Waals surface area contributed by atoms with Gasteiger partial charge >= 0.3 is 5.97 Å². The fourth-order valence-electron chi connectivity index (χ4n) is 1.66. The molecule has 1 aromatic heterocycles. The molecule has 2 aromatic rings. The van der Waals surface area contributed by atoms with Crippen molar-refractivity contribution in [2.75, 3.05) is 11.9 Å². The molecule has 0 saturated carbocycles. The molecule has 0 atom stereocenters. The first-order valence-corrected chi connectivity index (χ1v) is 7.24. The van der Waals surface area contributed by atoms with Gasteiger partial charge in [0.2, 0.25) is 5.91 Å². The van der Waals surface area contributed by atoms with Crippen molar-refractivity contribution in [3.05, 3.63) is 44.9 Å². The van der Waals surface area contributed by atoms with E-state index in [2.05, 4.69) is 10.3 Å². The third-order valence-corrected chi connectivity index (χ3v) is 3.89. The third kappa shape index (κ3) is 3.93. The summed E-state index contributed by atoms with van der Waals surface area (Å²) in [6.07, 6.45) is 0.590. The lowest BCUT2D eigenvalue weighted by Crippen LogP contribution is -2.12. The van der Waals surface area contributed by atoms with E-state index in [9.17, 15) is 9.59 Å². The van der Waals surface area contributed by atoms with Gasteiger partial charge in [-0.2, -0.15) is 0 Å². The minimum absolute atomic E-state index is 0.0591. The number of nitrogens with one attached hydrogen (secondary N) is 1. The SMILES string of the molecule is NC(=O)c1ccc(NCCc2nc(C(=O)O)cs2)cc1Cl. The van der Waals surface area contributed by atoms with E-state index in [1.165, 1.54) is 16.7 Å². The number of amides is 1. The third-order valence-electron chi connectivity index (χ3n) is 2.67. The van der Waals surface area contributed by atoms with E-state index < -0.39 is 11.9 Å². The number of thiazole rings is 1. The molecule has 1 heterocycles. The van der Waals surface area contributed by atoms with Crippen LogP contribution < -0.4 is 11.1 Å². The van der Waals surface area contributed by atoms with E-state index in [0.717, 1.165) is 10.7 Å². The lowest BCUT2D eigenvalue weighted by Gasteiger charge is -2.07. The second kappa shape index (κ2) is 6.55. The molecular formula is C13H12ClN3O3S. The molecule has 0 saturated heterocycles. The van der Waals surface area contributed by atoms with Gasteiger partial charge in [-0.15, -0.1) is 11.3 Å². The molecule has 21 heavy (non-hydrogen) atoms.